The Morgan fingerprint density at radius 1 is 0.973 bits per heavy atom. The molecule has 1 saturated heterocycles. The molecule has 0 saturated carbocycles. The number of carbonyl (C=O) groups is 2. The van der Waals surface area contributed by atoms with Gasteiger partial charge in [0.1, 0.15) is 6.54 Å². The van der Waals surface area contributed by atoms with Gasteiger partial charge in [0.05, 0.1) is 10.7 Å². The second kappa shape index (κ2) is 11.0. The van der Waals surface area contributed by atoms with Gasteiger partial charge in [0, 0.05) is 43.9 Å². The van der Waals surface area contributed by atoms with Gasteiger partial charge in [-0.1, -0.05) is 29.8 Å². The van der Waals surface area contributed by atoms with E-state index >= 15 is 0 Å². The Labute approximate surface area is 220 Å². The molecule has 2 aromatic carbocycles. The topological polar surface area (TPSA) is 88.1 Å². The third kappa shape index (κ3) is 5.46. The number of likely N-dealkylation sites (N-methyl/N-ethyl adjacent to an activating group) is 1. The normalized spacial score (nSPS) is 14.9. The lowest BCUT2D eigenvalue weighted by Crippen LogP contribution is -2.44. The van der Waals surface area contributed by atoms with Gasteiger partial charge in [-0.3, -0.25) is 9.59 Å². The highest BCUT2D eigenvalue weighted by molar-refractivity contribution is 6.33. The molecule has 2 aliphatic rings. The van der Waals surface area contributed by atoms with Gasteiger partial charge in [-0.05, 0) is 49.7 Å². The highest BCUT2D eigenvalue weighted by Crippen LogP contribution is 2.33. The van der Waals surface area contributed by atoms with Crippen LogP contribution >= 0.6 is 11.6 Å². The standard InChI is InChI=1S/C27H28ClN5O4/c1-2-31(27(35)19-8-10-23-24(16-19)37-18-36-23)17-26(34)33-13-5-12-32(14-15-33)25-11-9-22(29-30-25)20-6-3-4-7-21(20)28/h3-4,6-11,16H,2,5,12-15,17-18H2,1H3. The lowest BCUT2D eigenvalue weighted by Gasteiger charge is -2.26. The predicted octanol–water partition coefficient (Wildman–Crippen LogP) is 3.73. The number of amides is 2. The summed E-state index contributed by atoms with van der Waals surface area (Å²) in [5, 5.41) is 9.42. The second-order valence-corrected chi connectivity index (χ2v) is 9.27. The zero-order chi connectivity index (χ0) is 25.8. The van der Waals surface area contributed by atoms with Crippen LogP contribution in [0.3, 0.4) is 0 Å². The Kier molecular flexibility index (Phi) is 7.41. The molecule has 0 spiro atoms. The first-order valence-corrected chi connectivity index (χ1v) is 12.7. The van der Waals surface area contributed by atoms with Crippen LogP contribution in [0.2, 0.25) is 5.02 Å². The summed E-state index contributed by atoms with van der Waals surface area (Å²) in [5.74, 6) is 1.65. The fourth-order valence-corrected chi connectivity index (χ4v) is 4.74. The average molecular weight is 522 g/mol. The van der Waals surface area contributed by atoms with E-state index in [2.05, 4.69) is 15.1 Å². The SMILES string of the molecule is CCN(CC(=O)N1CCCN(c2ccc(-c3ccccc3Cl)nn2)CC1)C(=O)c1ccc2c(c1)OCO2. The number of fused-ring (bicyclic) bond motifs is 1. The number of carbonyl (C=O) groups excluding carboxylic acids is 2. The molecule has 37 heavy (non-hydrogen) atoms. The Bertz CT molecular complexity index is 1290. The summed E-state index contributed by atoms with van der Waals surface area (Å²) in [6, 6.07) is 16.5. The third-order valence-corrected chi connectivity index (χ3v) is 6.92. The van der Waals surface area contributed by atoms with E-state index in [9.17, 15) is 9.59 Å². The van der Waals surface area contributed by atoms with E-state index in [1.54, 1.807) is 23.1 Å². The van der Waals surface area contributed by atoms with Gasteiger partial charge in [-0.2, -0.15) is 0 Å². The minimum atomic E-state index is -0.209. The monoisotopic (exact) mass is 521 g/mol. The number of rotatable bonds is 6. The Balaban J connectivity index is 1.19. The number of nitrogens with zero attached hydrogens (tertiary/aromatic N) is 5. The first-order chi connectivity index (χ1) is 18.0. The van der Waals surface area contributed by atoms with Gasteiger partial charge in [0.2, 0.25) is 12.7 Å². The molecule has 0 unspecified atom stereocenters. The Morgan fingerprint density at radius 3 is 2.59 bits per heavy atom. The number of ether oxygens (including phenoxy) is 2. The van der Waals surface area contributed by atoms with Gasteiger partial charge in [0.25, 0.3) is 5.91 Å². The molecular formula is C27H28ClN5O4. The first kappa shape index (κ1) is 24.8. The van der Waals surface area contributed by atoms with E-state index in [-0.39, 0.29) is 25.2 Å². The zero-order valence-electron chi connectivity index (χ0n) is 20.6. The molecule has 1 aromatic heterocycles. The van der Waals surface area contributed by atoms with Crippen LogP contribution in [0, 0.1) is 0 Å². The summed E-state index contributed by atoms with van der Waals surface area (Å²) < 4.78 is 10.7. The van der Waals surface area contributed by atoms with Gasteiger partial charge in [-0.15, -0.1) is 10.2 Å². The van der Waals surface area contributed by atoms with Crippen molar-refractivity contribution >= 4 is 29.2 Å². The highest BCUT2D eigenvalue weighted by atomic mass is 35.5. The Morgan fingerprint density at radius 2 is 1.81 bits per heavy atom. The molecule has 2 amide bonds. The number of hydrogen-bond acceptors (Lipinski definition) is 7. The molecule has 0 bridgehead atoms. The van der Waals surface area contributed by atoms with Crippen LogP contribution < -0.4 is 14.4 Å². The van der Waals surface area contributed by atoms with Gasteiger partial charge >= 0.3 is 0 Å². The number of aromatic nitrogens is 2. The zero-order valence-corrected chi connectivity index (χ0v) is 21.4. The molecule has 3 heterocycles. The first-order valence-electron chi connectivity index (χ1n) is 12.3. The summed E-state index contributed by atoms with van der Waals surface area (Å²) in [7, 11) is 0. The summed E-state index contributed by atoms with van der Waals surface area (Å²) in [6.07, 6.45) is 0.794. The van der Waals surface area contributed by atoms with Crippen LogP contribution in [0.15, 0.2) is 54.6 Å². The summed E-state index contributed by atoms with van der Waals surface area (Å²) >= 11 is 6.29. The molecule has 1 fully saturated rings. The summed E-state index contributed by atoms with van der Waals surface area (Å²) in [5.41, 5.74) is 2.03. The smallest absolute Gasteiger partial charge is 0.254 e. The molecule has 0 atom stereocenters. The fraction of sp³-hybridized carbons (Fsp3) is 0.333. The molecule has 0 N–H and O–H groups in total. The number of halogens is 1. The maximum Gasteiger partial charge on any atom is 0.254 e. The summed E-state index contributed by atoms with van der Waals surface area (Å²) in [4.78, 5) is 31.7. The molecule has 3 aromatic rings. The van der Waals surface area contributed by atoms with Crippen LogP contribution in [0.25, 0.3) is 11.3 Å². The quantitative estimate of drug-likeness (QED) is 0.488. The number of hydrogen-bond donors (Lipinski definition) is 0. The molecule has 2 aliphatic heterocycles. The number of benzene rings is 2. The lowest BCUT2D eigenvalue weighted by molar-refractivity contribution is -0.131. The molecule has 10 heteroatoms. The van der Waals surface area contributed by atoms with E-state index < -0.39 is 0 Å². The molecular weight excluding hydrogens is 494 g/mol. The van der Waals surface area contributed by atoms with E-state index in [1.807, 2.05) is 48.2 Å². The minimum absolute atomic E-state index is 0.0239. The number of anilines is 1. The molecule has 192 valence electrons. The van der Waals surface area contributed by atoms with E-state index in [0.717, 1.165) is 24.3 Å². The van der Waals surface area contributed by atoms with E-state index in [4.69, 9.17) is 21.1 Å². The van der Waals surface area contributed by atoms with Crippen molar-refractivity contribution in [3.8, 4) is 22.8 Å². The van der Waals surface area contributed by atoms with E-state index in [1.165, 1.54) is 0 Å². The third-order valence-electron chi connectivity index (χ3n) is 6.59. The average Bonchev–Trinajstić information content (AvgIpc) is 3.26. The molecule has 0 radical (unpaired) electrons. The van der Waals surface area contributed by atoms with Crippen molar-refractivity contribution in [3.05, 3.63) is 65.2 Å². The van der Waals surface area contributed by atoms with Crippen molar-refractivity contribution in [2.75, 3.05) is 51.0 Å². The van der Waals surface area contributed by atoms with E-state index in [0.29, 0.717) is 54.0 Å². The maximum absolute atomic E-state index is 13.1. The van der Waals surface area contributed by atoms with Gasteiger partial charge < -0.3 is 24.2 Å². The van der Waals surface area contributed by atoms with Crippen LogP contribution in [0.5, 0.6) is 11.5 Å². The largest absolute Gasteiger partial charge is 0.454 e. The molecule has 0 aliphatic carbocycles. The van der Waals surface area contributed by atoms with Crippen LogP contribution in [-0.2, 0) is 4.79 Å². The van der Waals surface area contributed by atoms with Crippen molar-refractivity contribution < 1.29 is 19.1 Å². The minimum Gasteiger partial charge on any atom is -0.454 e. The van der Waals surface area contributed by atoms with Crippen molar-refractivity contribution in [1.82, 2.24) is 20.0 Å². The molecule has 9 nitrogen and oxygen atoms in total. The van der Waals surface area contributed by atoms with Crippen LogP contribution in [0.4, 0.5) is 5.82 Å². The highest BCUT2D eigenvalue weighted by Gasteiger charge is 2.25. The van der Waals surface area contributed by atoms with Crippen LogP contribution in [-0.4, -0.2) is 77.9 Å². The van der Waals surface area contributed by atoms with Crippen molar-refractivity contribution in [3.63, 3.8) is 0 Å². The lowest BCUT2D eigenvalue weighted by atomic mass is 10.1. The van der Waals surface area contributed by atoms with Crippen LogP contribution in [0.1, 0.15) is 23.7 Å². The molecule has 5 rings (SSSR count). The van der Waals surface area contributed by atoms with Gasteiger partial charge in [-0.25, -0.2) is 0 Å². The maximum atomic E-state index is 13.1. The predicted molar refractivity (Wildman–Crippen MR) is 140 cm³/mol. The van der Waals surface area contributed by atoms with Gasteiger partial charge in [0.15, 0.2) is 17.3 Å². The Hall–Kier alpha value is -3.85. The fourth-order valence-electron chi connectivity index (χ4n) is 4.51. The van der Waals surface area contributed by atoms with Crippen molar-refractivity contribution in [2.24, 2.45) is 0 Å². The second-order valence-electron chi connectivity index (χ2n) is 8.87. The van der Waals surface area contributed by atoms with Crippen molar-refractivity contribution in [2.45, 2.75) is 13.3 Å². The van der Waals surface area contributed by atoms with Crippen molar-refractivity contribution in [1.29, 1.82) is 0 Å². The summed E-state index contributed by atoms with van der Waals surface area (Å²) in [6.45, 7) is 5.02.